The molecule has 2 aromatic rings. The highest BCUT2D eigenvalue weighted by molar-refractivity contribution is 9.10. The van der Waals surface area contributed by atoms with Gasteiger partial charge >= 0.3 is 0 Å². The topological polar surface area (TPSA) is 80.0 Å². The van der Waals surface area contributed by atoms with Gasteiger partial charge < -0.3 is 10.7 Å². The Kier molecular flexibility index (Phi) is 4.36. The van der Waals surface area contributed by atoms with Crippen LogP contribution in [0.3, 0.4) is 0 Å². The maximum Gasteiger partial charge on any atom is 0.259 e. The maximum absolute atomic E-state index is 12.1. The fourth-order valence-electron chi connectivity index (χ4n) is 1.49. The van der Waals surface area contributed by atoms with Crippen LogP contribution < -0.4 is 16.6 Å². The molecule has 0 bridgehead atoms. The first-order chi connectivity index (χ1) is 9.10. The molecule has 0 unspecified atom stereocenters. The number of hydrogen-bond acceptors (Lipinski definition) is 4. The Bertz CT molecular complexity index is 620. The van der Waals surface area contributed by atoms with E-state index in [9.17, 15) is 4.79 Å². The van der Waals surface area contributed by atoms with Crippen LogP contribution in [0.25, 0.3) is 0 Å². The number of aromatic nitrogens is 1. The molecule has 0 saturated heterocycles. The lowest BCUT2D eigenvalue weighted by Crippen LogP contribution is -2.18. The van der Waals surface area contributed by atoms with Crippen molar-refractivity contribution in [2.75, 3.05) is 10.7 Å². The van der Waals surface area contributed by atoms with E-state index >= 15 is 0 Å². The summed E-state index contributed by atoms with van der Waals surface area (Å²) in [6.07, 6.45) is 1.55. The van der Waals surface area contributed by atoms with E-state index < -0.39 is 0 Å². The van der Waals surface area contributed by atoms with Gasteiger partial charge in [0.1, 0.15) is 0 Å². The van der Waals surface area contributed by atoms with Crippen molar-refractivity contribution in [3.8, 4) is 0 Å². The molecule has 0 aliphatic rings. The number of nitrogen functional groups attached to an aromatic ring is 1. The average Bonchev–Trinajstić information content (AvgIpc) is 2.38. The summed E-state index contributed by atoms with van der Waals surface area (Å²) in [5.74, 6) is 5.29. The molecular formula is C12H10BrClN4O. The zero-order valence-corrected chi connectivity index (χ0v) is 12.0. The molecule has 4 N–H and O–H groups in total. The van der Waals surface area contributed by atoms with Crippen molar-refractivity contribution in [2.24, 2.45) is 5.84 Å². The van der Waals surface area contributed by atoms with Crippen LogP contribution in [-0.4, -0.2) is 10.9 Å². The molecule has 7 heteroatoms. The van der Waals surface area contributed by atoms with Gasteiger partial charge in [-0.2, -0.15) is 0 Å². The minimum atomic E-state index is -0.330. The van der Waals surface area contributed by atoms with Crippen molar-refractivity contribution in [2.45, 2.75) is 0 Å². The van der Waals surface area contributed by atoms with Crippen molar-refractivity contribution < 1.29 is 4.79 Å². The van der Waals surface area contributed by atoms with Crippen LogP contribution in [0.2, 0.25) is 5.02 Å². The van der Waals surface area contributed by atoms with Gasteiger partial charge in [-0.25, -0.2) is 10.8 Å². The molecule has 0 aliphatic carbocycles. The molecular weight excluding hydrogens is 332 g/mol. The first-order valence-electron chi connectivity index (χ1n) is 5.29. The maximum atomic E-state index is 12.1. The van der Waals surface area contributed by atoms with Gasteiger partial charge in [0, 0.05) is 21.4 Å². The minimum Gasteiger partial charge on any atom is -0.322 e. The first-order valence-corrected chi connectivity index (χ1v) is 6.46. The molecule has 0 saturated carbocycles. The van der Waals surface area contributed by atoms with Gasteiger partial charge in [0.2, 0.25) is 0 Å². The van der Waals surface area contributed by atoms with Crippen molar-refractivity contribution in [3.05, 3.63) is 51.6 Å². The highest BCUT2D eigenvalue weighted by Gasteiger charge is 2.13. The number of halogens is 2. The SMILES string of the molecule is NNc1ncc(Br)cc1C(=O)Nc1cccc(Cl)c1. The second-order valence-electron chi connectivity index (χ2n) is 3.66. The number of carbonyl (C=O) groups excluding carboxylic acids is 1. The predicted molar refractivity (Wildman–Crippen MR) is 79.2 cm³/mol. The summed E-state index contributed by atoms with van der Waals surface area (Å²) in [4.78, 5) is 16.2. The number of nitrogens with two attached hydrogens (primary N) is 1. The van der Waals surface area contributed by atoms with Crippen LogP contribution in [0.5, 0.6) is 0 Å². The zero-order chi connectivity index (χ0) is 13.8. The number of pyridine rings is 1. The number of anilines is 2. The van der Waals surface area contributed by atoms with E-state index in [4.69, 9.17) is 17.4 Å². The Morgan fingerprint density at radius 3 is 2.84 bits per heavy atom. The summed E-state index contributed by atoms with van der Waals surface area (Å²) in [5.41, 5.74) is 3.31. The largest absolute Gasteiger partial charge is 0.322 e. The van der Waals surface area contributed by atoms with E-state index in [1.54, 1.807) is 36.5 Å². The molecule has 19 heavy (non-hydrogen) atoms. The van der Waals surface area contributed by atoms with Gasteiger partial charge in [0.05, 0.1) is 5.56 Å². The number of rotatable bonds is 3. The number of hydrazine groups is 1. The van der Waals surface area contributed by atoms with E-state index in [-0.39, 0.29) is 5.91 Å². The molecule has 5 nitrogen and oxygen atoms in total. The number of hydrogen-bond donors (Lipinski definition) is 3. The van der Waals surface area contributed by atoms with Crippen LogP contribution >= 0.6 is 27.5 Å². The summed E-state index contributed by atoms with van der Waals surface area (Å²) < 4.78 is 0.683. The third kappa shape index (κ3) is 3.44. The van der Waals surface area contributed by atoms with E-state index in [1.807, 2.05) is 0 Å². The number of nitrogens with zero attached hydrogens (tertiary/aromatic N) is 1. The van der Waals surface area contributed by atoms with Crippen LogP contribution in [-0.2, 0) is 0 Å². The molecule has 1 amide bonds. The Labute approximate surface area is 123 Å². The zero-order valence-electron chi connectivity index (χ0n) is 9.65. The van der Waals surface area contributed by atoms with Gasteiger partial charge in [0.25, 0.3) is 5.91 Å². The lowest BCUT2D eigenvalue weighted by Gasteiger charge is -2.09. The Morgan fingerprint density at radius 2 is 2.16 bits per heavy atom. The molecule has 2 rings (SSSR count). The average molecular weight is 342 g/mol. The van der Waals surface area contributed by atoms with Crippen molar-refractivity contribution in [1.29, 1.82) is 0 Å². The van der Waals surface area contributed by atoms with E-state index in [2.05, 4.69) is 31.7 Å². The summed E-state index contributed by atoms with van der Waals surface area (Å²) in [6, 6.07) is 8.50. The van der Waals surface area contributed by atoms with Crippen molar-refractivity contribution in [1.82, 2.24) is 4.98 Å². The summed E-state index contributed by atoms with van der Waals surface area (Å²) in [7, 11) is 0. The second-order valence-corrected chi connectivity index (χ2v) is 5.01. The van der Waals surface area contributed by atoms with E-state index in [0.717, 1.165) is 0 Å². The van der Waals surface area contributed by atoms with Crippen LogP contribution in [0, 0.1) is 0 Å². The van der Waals surface area contributed by atoms with Crippen molar-refractivity contribution in [3.63, 3.8) is 0 Å². The van der Waals surface area contributed by atoms with Crippen LogP contribution in [0.15, 0.2) is 41.0 Å². The third-order valence-corrected chi connectivity index (χ3v) is 2.99. The highest BCUT2D eigenvalue weighted by atomic mass is 79.9. The third-order valence-electron chi connectivity index (χ3n) is 2.32. The molecule has 1 heterocycles. The lowest BCUT2D eigenvalue weighted by atomic mass is 10.2. The molecule has 1 aromatic heterocycles. The monoisotopic (exact) mass is 340 g/mol. The number of amides is 1. The van der Waals surface area contributed by atoms with Crippen molar-refractivity contribution >= 4 is 44.9 Å². The van der Waals surface area contributed by atoms with Gasteiger partial charge in [-0.1, -0.05) is 17.7 Å². The lowest BCUT2D eigenvalue weighted by molar-refractivity contribution is 0.102. The van der Waals surface area contributed by atoms with Gasteiger partial charge in [-0.05, 0) is 40.2 Å². The van der Waals surface area contributed by atoms with E-state index in [0.29, 0.717) is 26.6 Å². The Balaban J connectivity index is 2.27. The molecule has 0 spiro atoms. The minimum absolute atomic E-state index is 0.294. The van der Waals surface area contributed by atoms with Crippen LogP contribution in [0.4, 0.5) is 11.5 Å². The molecule has 0 radical (unpaired) electrons. The molecule has 0 atom stereocenters. The molecule has 98 valence electrons. The van der Waals surface area contributed by atoms with Gasteiger partial charge in [-0.3, -0.25) is 4.79 Å². The Hall–Kier alpha value is -1.63. The quantitative estimate of drug-likeness (QED) is 0.592. The number of benzene rings is 1. The first kappa shape index (κ1) is 13.8. The second kappa shape index (κ2) is 6.01. The van der Waals surface area contributed by atoms with Crippen LogP contribution in [0.1, 0.15) is 10.4 Å². The Morgan fingerprint density at radius 1 is 1.37 bits per heavy atom. The predicted octanol–water partition coefficient (Wildman–Crippen LogP) is 3.04. The van der Waals surface area contributed by atoms with Gasteiger partial charge in [0.15, 0.2) is 5.82 Å². The fraction of sp³-hybridized carbons (Fsp3) is 0. The molecule has 0 aliphatic heterocycles. The van der Waals surface area contributed by atoms with Gasteiger partial charge in [-0.15, -0.1) is 0 Å². The summed E-state index contributed by atoms with van der Waals surface area (Å²) in [5, 5.41) is 3.27. The standard InChI is InChI=1S/C12H10BrClN4O/c13-7-4-10(11(18-15)16-6-7)12(19)17-9-3-1-2-8(14)5-9/h1-6H,15H2,(H,16,18)(H,17,19). The van der Waals surface area contributed by atoms with E-state index in [1.165, 1.54) is 0 Å². The number of carbonyl (C=O) groups is 1. The summed E-state index contributed by atoms with van der Waals surface area (Å²) in [6.45, 7) is 0. The summed E-state index contributed by atoms with van der Waals surface area (Å²) >= 11 is 9.11. The fourth-order valence-corrected chi connectivity index (χ4v) is 2.01. The highest BCUT2D eigenvalue weighted by Crippen LogP contribution is 2.20. The molecule has 1 aromatic carbocycles. The number of nitrogens with one attached hydrogen (secondary N) is 2. The smallest absolute Gasteiger partial charge is 0.259 e. The molecule has 0 fully saturated rings. The normalized spacial score (nSPS) is 10.1.